The number of para-hydroxylation sites is 1. The lowest BCUT2D eigenvalue weighted by atomic mass is 10.3. The number of anilines is 2. The van der Waals surface area contributed by atoms with Crippen molar-refractivity contribution in [2.75, 3.05) is 23.7 Å². The zero-order valence-electron chi connectivity index (χ0n) is 12.9. The Hall–Kier alpha value is -3.42. The highest BCUT2D eigenvalue weighted by molar-refractivity contribution is 5.89. The number of carbonyl (C=O) groups is 1. The van der Waals surface area contributed by atoms with Gasteiger partial charge in [0.1, 0.15) is 5.82 Å². The molecule has 2 aromatic heterocycles. The van der Waals surface area contributed by atoms with E-state index in [0.29, 0.717) is 24.7 Å². The first-order chi connectivity index (χ1) is 11.8. The van der Waals surface area contributed by atoms with Gasteiger partial charge in [0.25, 0.3) is 0 Å². The summed E-state index contributed by atoms with van der Waals surface area (Å²) in [6.07, 6.45) is 3.48. The quantitative estimate of drug-likeness (QED) is 0.602. The van der Waals surface area contributed by atoms with Crippen LogP contribution in [0.5, 0.6) is 0 Å². The second-order valence-corrected chi connectivity index (χ2v) is 4.90. The molecule has 24 heavy (non-hydrogen) atoms. The molecule has 0 aliphatic heterocycles. The summed E-state index contributed by atoms with van der Waals surface area (Å²) in [6.45, 7) is 0.999. The van der Waals surface area contributed by atoms with E-state index in [1.807, 2.05) is 48.5 Å². The van der Waals surface area contributed by atoms with Crippen LogP contribution in [0.4, 0.5) is 16.3 Å². The van der Waals surface area contributed by atoms with Crippen molar-refractivity contribution in [3.8, 4) is 5.82 Å². The fraction of sp³-hybridized carbons (Fsp3) is 0.125. The van der Waals surface area contributed by atoms with E-state index in [4.69, 9.17) is 0 Å². The van der Waals surface area contributed by atoms with Crippen molar-refractivity contribution in [1.82, 2.24) is 25.3 Å². The number of nitrogens with one attached hydrogen (secondary N) is 3. The van der Waals surface area contributed by atoms with Gasteiger partial charge >= 0.3 is 6.03 Å². The third-order valence-electron chi connectivity index (χ3n) is 3.14. The van der Waals surface area contributed by atoms with Crippen molar-refractivity contribution in [1.29, 1.82) is 0 Å². The van der Waals surface area contributed by atoms with Crippen LogP contribution in [0.1, 0.15) is 0 Å². The van der Waals surface area contributed by atoms with Crippen molar-refractivity contribution >= 4 is 17.5 Å². The van der Waals surface area contributed by atoms with E-state index in [2.05, 4.69) is 31.2 Å². The fourth-order valence-corrected chi connectivity index (χ4v) is 2.01. The molecular formula is C16H17N7O. The van der Waals surface area contributed by atoms with Crippen LogP contribution in [-0.4, -0.2) is 39.1 Å². The van der Waals surface area contributed by atoms with E-state index in [9.17, 15) is 4.79 Å². The minimum Gasteiger partial charge on any atom is -0.367 e. The second-order valence-electron chi connectivity index (χ2n) is 4.90. The lowest BCUT2D eigenvalue weighted by Gasteiger charge is -2.08. The molecule has 3 N–H and O–H groups in total. The smallest absolute Gasteiger partial charge is 0.319 e. The van der Waals surface area contributed by atoms with Gasteiger partial charge in [0.15, 0.2) is 5.82 Å². The summed E-state index contributed by atoms with van der Waals surface area (Å²) in [5, 5.41) is 20.8. The molecule has 122 valence electrons. The van der Waals surface area contributed by atoms with E-state index >= 15 is 0 Å². The van der Waals surface area contributed by atoms with Gasteiger partial charge in [-0.3, -0.25) is 0 Å². The highest BCUT2D eigenvalue weighted by Crippen LogP contribution is 2.05. The third-order valence-corrected chi connectivity index (χ3v) is 3.14. The van der Waals surface area contributed by atoms with Gasteiger partial charge < -0.3 is 16.0 Å². The number of aromatic nitrogens is 4. The molecule has 2 amide bonds. The maximum absolute atomic E-state index is 11.7. The Kier molecular flexibility index (Phi) is 4.98. The van der Waals surface area contributed by atoms with E-state index < -0.39 is 0 Å². The van der Waals surface area contributed by atoms with Crippen molar-refractivity contribution in [3.05, 3.63) is 60.9 Å². The largest absolute Gasteiger partial charge is 0.367 e. The van der Waals surface area contributed by atoms with Crippen LogP contribution in [0.15, 0.2) is 60.9 Å². The summed E-state index contributed by atoms with van der Waals surface area (Å²) in [4.78, 5) is 11.7. The first kappa shape index (κ1) is 15.5. The van der Waals surface area contributed by atoms with E-state index in [-0.39, 0.29) is 6.03 Å². The maximum Gasteiger partial charge on any atom is 0.319 e. The molecule has 0 saturated heterocycles. The number of carbonyl (C=O) groups excluding carboxylic acids is 1. The Morgan fingerprint density at radius 3 is 2.58 bits per heavy atom. The van der Waals surface area contributed by atoms with Gasteiger partial charge in [-0.15, -0.1) is 10.2 Å². The van der Waals surface area contributed by atoms with Crippen LogP contribution in [-0.2, 0) is 0 Å². The number of urea groups is 1. The zero-order valence-corrected chi connectivity index (χ0v) is 12.9. The Bertz CT molecular complexity index is 757. The molecule has 3 rings (SSSR count). The predicted octanol–water partition coefficient (Wildman–Crippen LogP) is 1.90. The molecule has 0 atom stereocenters. The topological polar surface area (TPSA) is 96.8 Å². The van der Waals surface area contributed by atoms with Gasteiger partial charge in [0.2, 0.25) is 0 Å². The second kappa shape index (κ2) is 7.73. The number of amides is 2. The number of rotatable bonds is 6. The normalized spacial score (nSPS) is 10.2. The van der Waals surface area contributed by atoms with Gasteiger partial charge in [0, 0.05) is 31.2 Å². The highest BCUT2D eigenvalue weighted by Gasteiger charge is 2.02. The Morgan fingerprint density at radius 1 is 1.00 bits per heavy atom. The van der Waals surface area contributed by atoms with Gasteiger partial charge in [-0.1, -0.05) is 18.2 Å². The van der Waals surface area contributed by atoms with Crippen molar-refractivity contribution in [2.24, 2.45) is 0 Å². The van der Waals surface area contributed by atoms with Gasteiger partial charge in [0.05, 0.1) is 0 Å². The summed E-state index contributed by atoms with van der Waals surface area (Å²) in [5.74, 6) is 1.28. The van der Waals surface area contributed by atoms with Crippen molar-refractivity contribution in [2.45, 2.75) is 0 Å². The lowest BCUT2D eigenvalue weighted by Crippen LogP contribution is -2.32. The monoisotopic (exact) mass is 323 g/mol. The maximum atomic E-state index is 11.7. The Morgan fingerprint density at radius 2 is 1.88 bits per heavy atom. The molecule has 0 unspecified atom stereocenters. The molecule has 2 heterocycles. The summed E-state index contributed by atoms with van der Waals surface area (Å²) < 4.78 is 1.63. The van der Waals surface area contributed by atoms with Gasteiger partial charge in [-0.05, 0) is 30.3 Å². The molecule has 8 nitrogen and oxygen atoms in total. The minimum atomic E-state index is -0.247. The van der Waals surface area contributed by atoms with Crippen LogP contribution in [0, 0.1) is 0 Å². The number of hydrogen-bond acceptors (Lipinski definition) is 5. The molecule has 3 aromatic rings. The van der Waals surface area contributed by atoms with Crippen LogP contribution < -0.4 is 16.0 Å². The molecule has 0 bridgehead atoms. The molecule has 0 radical (unpaired) electrons. The van der Waals surface area contributed by atoms with Crippen molar-refractivity contribution in [3.63, 3.8) is 0 Å². The van der Waals surface area contributed by atoms with Gasteiger partial charge in [-0.25, -0.2) is 9.48 Å². The summed E-state index contributed by atoms with van der Waals surface area (Å²) in [6, 6.07) is 14.5. The standard InChI is InChI=1S/C16H17N7O/c24-16(20-13-5-2-1-3-6-13)18-11-10-17-14-7-8-15(22-21-14)23-12-4-9-19-23/h1-9,12H,10-11H2,(H,17,21)(H2,18,20,24). The number of benzene rings is 1. The Labute approximate surface area is 138 Å². The molecule has 1 aromatic carbocycles. The molecule has 8 heteroatoms. The van der Waals surface area contributed by atoms with Crippen LogP contribution in [0.25, 0.3) is 5.82 Å². The lowest BCUT2D eigenvalue weighted by molar-refractivity contribution is 0.252. The number of hydrogen-bond donors (Lipinski definition) is 3. The molecule has 0 aliphatic carbocycles. The SMILES string of the molecule is O=C(NCCNc1ccc(-n2cccn2)nn1)Nc1ccccc1. The third kappa shape index (κ3) is 4.29. The molecule has 0 saturated carbocycles. The average molecular weight is 323 g/mol. The molecule has 0 spiro atoms. The summed E-state index contributed by atoms with van der Waals surface area (Å²) in [7, 11) is 0. The van der Waals surface area contributed by atoms with Crippen LogP contribution >= 0.6 is 0 Å². The predicted molar refractivity (Wildman–Crippen MR) is 91.1 cm³/mol. The van der Waals surface area contributed by atoms with Crippen molar-refractivity contribution < 1.29 is 4.79 Å². The molecular weight excluding hydrogens is 306 g/mol. The number of nitrogens with zero attached hydrogens (tertiary/aromatic N) is 4. The first-order valence-corrected chi connectivity index (χ1v) is 7.49. The van der Waals surface area contributed by atoms with E-state index in [1.165, 1.54) is 0 Å². The fourth-order valence-electron chi connectivity index (χ4n) is 2.01. The van der Waals surface area contributed by atoms with E-state index in [1.54, 1.807) is 17.1 Å². The van der Waals surface area contributed by atoms with Gasteiger partial charge in [-0.2, -0.15) is 5.10 Å². The first-order valence-electron chi connectivity index (χ1n) is 7.49. The summed E-state index contributed by atoms with van der Waals surface area (Å²) >= 11 is 0. The molecule has 0 aliphatic rings. The zero-order chi connectivity index (χ0) is 16.6. The summed E-state index contributed by atoms with van der Waals surface area (Å²) in [5.41, 5.74) is 0.753. The average Bonchev–Trinajstić information content (AvgIpc) is 3.15. The van der Waals surface area contributed by atoms with E-state index in [0.717, 1.165) is 5.69 Å². The highest BCUT2D eigenvalue weighted by atomic mass is 16.2. The molecule has 0 fully saturated rings. The minimum absolute atomic E-state index is 0.247. The van der Waals surface area contributed by atoms with Crippen LogP contribution in [0.3, 0.4) is 0 Å². The Balaban J connectivity index is 1.39. The van der Waals surface area contributed by atoms with Crippen LogP contribution in [0.2, 0.25) is 0 Å².